The number of nitrogens with two attached hydrogens (primary N) is 1. The second kappa shape index (κ2) is 4.93. The standard InChI is InChI=1S/C9H10N4O3/c1-2-16-9(15)6-5-12-13(8(6)11)7(14)3-4-10/h5H,2-3,11H2,1H3. The number of carbonyl (C=O) groups is 2. The fraction of sp³-hybridized carbons (Fsp3) is 0.333. The zero-order valence-corrected chi connectivity index (χ0v) is 8.64. The summed E-state index contributed by atoms with van der Waals surface area (Å²) in [5, 5.41) is 12.0. The van der Waals surface area contributed by atoms with Crippen molar-refractivity contribution in [3.63, 3.8) is 0 Å². The van der Waals surface area contributed by atoms with Gasteiger partial charge < -0.3 is 10.5 Å². The average Bonchev–Trinajstić information content (AvgIpc) is 2.61. The van der Waals surface area contributed by atoms with Crippen LogP contribution in [0.25, 0.3) is 0 Å². The Balaban J connectivity index is 2.97. The summed E-state index contributed by atoms with van der Waals surface area (Å²) >= 11 is 0. The predicted octanol–water partition coefficient (Wildman–Crippen LogP) is 0.196. The number of hydrogen-bond acceptors (Lipinski definition) is 6. The molecule has 0 saturated carbocycles. The number of carbonyl (C=O) groups excluding carboxylic acids is 2. The van der Waals surface area contributed by atoms with Gasteiger partial charge in [0.05, 0.1) is 18.9 Å². The van der Waals surface area contributed by atoms with Gasteiger partial charge in [-0.05, 0) is 6.92 Å². The van der Waals surface area contributed by atoms with E-state index in [0.29, 0.717) is 0 Å². The lowest BCUT2D eigenvalue weighted by molar-refractivity contribution is 0.0527. The van der Waals surface area contributed by atoms with E-state index in [1.54, 1.807) is 13.0 Å². The van der Waals surface area contributed by atoms with Crippen molar-refractivity contribution in [1.29, 1.82) is 5.26 Å². The lowest BCUT2D eigenvalue weighted by Crippen LogP contribution is -2.15. The van der Waals surface area contributed by atoms with E-state index < -0.39 is 11.9 Å². The third-order valence-corrected chi connectivity index (χ3v) is 1.77. The highest BCUT2D eigenvalue weighted by molar-refractivity contribution is 5.96. The molecule has 7 nitrogen and oxygen atoms in total. The molecule has 0 spiro atoms. The summed E-state index contributed by atoms with van der Waals surface area (Å²) in [4.78, 5) is 22.6. The summed E-state index contributed by atoms with van der Waals surface area (Å²) in [6.45, 7) is 1.86. The predicted molar refractivity (Wildman–Crippen MR) is 53.5 cm³/mol. The fourth-order valence-electron chi connectivity index (χ4n) is 1.07. The molecule has 0 aliphatic carbocycles. The molecule has 84 valence electrons. The minimum Gasteiger partial charge on any atom is -0.462 e. The van der Waals surface area contributed by atoms with Crippen molar-refractivity contribution >= 4 is 17.7 Å². The monoisotopic (exact) mass is 222 g/mol. The first kappa shape index (κ1) is 11.7. The van der Waals surface area contributed by atoms with Crippen LogP contribution < -0.4 is 5.73 Å². The quantitative estimate of drug-likeness (QED) is 0.731. The van der Waals surface area contributed by atoms with Gasteiger partial charge in [0, 0.05) is 0 Å². The van der Waals surface area contributed by atoms with Crippen molar-refractivity contribution in [3.05, 3.63) is 11.8 Å². The van der Waals surface area contributed by atoms with Gasteiger partial charge in [-0.25, -0.2) is 4.79 Å². The Labute approximate surface area is 91.4 Å². The van der Waals surface area contributed by atoms with Gasteiger partial charge in [-0.1, -0.05) is 0 Å². The van der Waals surface area contributed by atoms with E-state index in [2.05, 4.69) is 5.10 Å². The number of hydrogen-bond donors (Lipinski definition) is 1. The summed E-state index contributed by atoms with van der Waals surface area (Å²) in [6.07, 6.45) is 0.788. The highest BCUT2D eigenvalue weighted by Gasteiger charge is 2.19. The number of aromatic nitrogens is 2. The van der Waals surface area contributed by atoms with Crippen LogP contribution in [0.1, 0.15) is 28.5 Å². The Kier molecular flexibility index (Phi) is 3.61. The van der Waals surface area contributed by atoms with Gasteiger partial charge in [0.15, 0.2) is 0 Å². The van der Waals surface area contributed by atoms with Gasteiger partial charge in [0.1, 0.15) is 17.8 Å². The molecule has 7 heteroatoms. The van der Waals surface area contributed by atoms with Crippen LogP contribution in [0.2, 0.25) is 0 Å². The van der Waals surface area contributed by atoms with Crippen molar-refractivity contribution in [2.45, 2.75) is 13.3 Å². The number of nitriles is 1. The molecule has 1 rings (SSSR count). The fourth-order valence-corrected chi connectivity index (χ4v) is 1.07. The van der Waals surface area contributed by atoms with Crippen LogP contribution in [0.15, 0.2) is 6.20 Å². The Hall–Kier alpha value is -2.36. The zero-order valence-electron chi connectivity index (χ0n) is 8.64. The van der Waals surface area contributed by atoms with Gasteiger partial charge >= 0.3 is 5.97 Å². The Morgan fingerprint density at radius 1 is 1.69 bits per heavy atom. The average molecular weight is 222 g/mol. The molecule has 0 atom stereocenters. The second-order valence-corrected chi connectivity index (χ2v) is 2.80. The SMILES string of the molecule is CCOC(=O)c1cnn(C(=O)CC#N)c1N. The summed E-state index contributed by atoms with van der Waals surface area (Å²) < 4.78 is 5.53. The number of rotatable bonds is 3. The summed E-state index contributed by atoms with van der Waals surface area (Å²) in [5.41, 5.74) is 5.56. The molecule has 1 aromatic heterocycles. The molecule has 16 heavy (non-hydrogen) atoms. The molecule has 0 bridgehead atoms. The van der Waals surface area contributed by atoms with Crippen LogP contribution >= 0.6 is 0 Å². The molecule has 0 aliphatic heterocycles. The highest BCUT2D eigenvalue weighted by atomic mass is 16.5. The Morgan fingerprint density at radius 2 is 2.38 bits per heavy atom. The molecule has 1 aromatic rings. The highest BCUT2D eigenvalue weighted by Crippen LogP contribution is 2.12. The Morgan fingerprint density at radius 3 is 2.94 bits per heavy atom. The summed E-state index contributed by atoms with van der Waals surface area (Å²) in [7, 11) is 0. The smallest absolute Gasteiger partial charge is 0.343 e. The number of nitrogens with zero attached hydrogens (tertiary/aromatic N) is 3. The van der Waals surface area contributed by atoms with Gasteiger partial charge in [0.25, 0.3) is 5.91 Å². The van der Waals surface area contributed by atoms with Crippen molar-refractivity contribution in [3.8, 4) is 6.07 Å². The lowest BCUT2D eigenvalue weighted by atomic mass is 10.3. The molecule has 0 aliphatic rings. The number of nitrogen functional groups attached to an aromatic ring is 1. The lowest BCUT2D eigenvalue weighted by Gasteiger charge is -2.01. The minimum absolute atomic E-state index is 0.0214. The van der Waals surface area contributed by atoms with Crippen LogP contribution in [-0.2, 0) is 4.74 Å². The van der Waals surface area contributed by atoms with Crippen molar-refractivity contribution in [2.75, 3.05) is 12.3 Å². The van der Waals surface area contributed by atoms with Gasteiger partial charge in [-0.3, -0.25) is 4.79 Å². The van der Waals surface area contributed by atoms with Crippen molar-refractivity contribution in [1.82, 2.24) is 9.78 Å². The molecule has 0 aromatic carbocycles. The molecule has 1 heterocycles. The topological polar surface area (TPSA) is 111 Å². The first-order valence-electron chi connectivity index (χ1n) is 4.52. The maximum atomic E-state index is 11.3. The van der Waals surface area contributed by atoms with Crippen LogP contribution in [0.4, 0.5) is 5.82 Å². The second-order valence-electron chi connectivity index (χ2n) is 2.80. The Bertz CT molecular complexity index is 458. The third-order valence-electron chi connectivity index (χ3n) is 1.77. The van der Waals surface area contributed by atoms with Crippen LogP contribution in [0, 0.1) is 11.3 Å². The van der Waals surface area contributed by atoms with Gasteiger partial charge in [-0.2, -0.15) is 15.0 Å². The number of anilines is 1. The van der Waals surface area contributed by atoms with Crippen LogP contribution in [0.5, 0.6) is 0 Å². The largest absolute Gasteiger partial charge is 0.462 e. The molecule has 0 fully saturated rings. The van der Waals surface area contributed by atoms with E-state index in [-0.39, 0.29) is 24.4 Å². The van der Waals surface area contributed by atoms with E-state index in [4.69, 9.17) is 15.7 Å². The van der Waals surface area contributed by atoms with Crippen molar-refractivity contribution in [2.24, 2.45) is 0 Å². The maximum Gasteiger partial charge on any atom is 0.343 e. The molecule has 0 saturated heterocycles. The normalized spacial score (nSPS) is 9.50. The van der Waals surface area contributed by atoms with Gasteiger partial charge in [-0.15, -0.1) is 0 Å². The van der Waals surface area contributed by atoms with Crippen molar-refractivity contribution < 1.29 is 14.3 Å². The molecule has 2 N–H and O–H groups in total. The molecular formula is C9H10N4O3. The zero-order chi connectivity index (χ0) is 12.1. The van der Waals surface area contributed by atoms with E-state index in [0.717, 1.165) is 10.9 Å². The number of esters is 1. The minimum atomic E-state index is -0.643. The summed E-state index contributed by atoms with van der Waals surface area (Å²) in [6, 6.07) is 1.67. The third kappa shape index (κ3) is 2.17. The first-order chi connectivity index (χ1) is 7.61. The maximum absolute atomic E-state index is 11.3. The van der Waals surface area contributed by atoms with Gasteiger partial charge in [0.2, 0.25) is 0 Å². The van der Waals surface area contributed by atoms with E-state index in [1.807, 2.05) is 0 Å². The van der Waals surface area contributed by atoms with E-state index >= 15 is 0 Å². The summed E-state index contributed by atoms with van der Waals surface area (Å²) in [5.74, 6) is -1.34. The molecule has 0 radical (unpaired) electrons. The van der Waals surface area contributed by atoms with Crippen LogP contribution in [0.3, 0.4) is 0 Å². The van der Waals surface area contributed by atoms with E-state index in [1.165, 1.54) is 0 Å². The molecular weight excluding hydrogens is 212 g/mol. The van der Waals surface area contributed by atoms with Crippen LogP contribution in [-0.4, -0.2) is 28.3 Å². The number of ether oxygens (including phenoxy) is 1. The molecule has 0 amide bonds. The first-order valence-corrected chi connectivity index (χ1v) is 4.52. The molecule has 0 unspecified atom stereocenters. The van der Waals surface area contributed by atoms with E-state index in [9.17, 15) is 9.59 Å².